The molecule has 0 aromatic carbocycles. The van der Waals surface area contributed by atoms with Gasteiger partial charge in [0.2, 0.25) is 0 Å². The highest BCUT2D eigenvalue weighted by Gasteiger charge is 2.42. The molecule has 3 nitrogen and oxygen atoms in total. The van der Waals surface area contributed by atoms with Crippen molar-refractivity contribution in [2.75, 3.05) is 37.6 Å². The van der Waals surface area contributed by atoms with E-state index in [-0.39, 0.29) is 26.2 Å². The summed E-state index contributed by atoms with van der Waals surface area (Å²) in [6, 6.07) is 2.09. The number of nitrogens with zero attached hydrogens (tertiary/aromatic N) is 3. The minimum Gasteiger partial charge on any atom is -0.354 e. The van der Waals surface area contributed by atoms with Gasteiger partial charge in [0.1, 0.15) is 5.82 Å². The van der Waals surface area contributed by atoms with Gasteiger partial charge in [-0.2, -0.15) is 22.0 Å². The van der Waals surface area contributed by atoms with Crippen LogP contribution in [0.2, 0.25) is 0 Å². The zero-order valence-corrected chi connectivity index (χ0v) is 11.8. The fourth-order valence-corrected chi connectivity index (χ4v) is 2.24. The summed E-state index contributed by atoms with van der Waals surface area (Å²) < 4.78 is 87.6. The maximum Gasteiger partial charge on any atom is 0.417 e. The van der Waals surface area contributed by atoms with Crippen LogP contribution in [-0.4, -0.2) is 55.0 Å². The largest absolute Gasteiger partial charge is 0.417 e. The topological polar surface area (TPSA) is 19.4 Å². The van der Waals surface area contributed by atoms with Crippen LogP contribution in [0.25, 0.3) is 0 Å². The number of anilines is 1. The van der Waals surface area contributed by atoms with Gasteiger partial charge < -0.3 is 4.90 Å². The third-order valence-corrected chi connectivity index (χ3v) is 3.53. The molecule has 10 heteroatoms. The SMILES string of the molecule is FC(F)C(F)(F)CN1CCN(c2ccc(C(F)(F)F)cn2)CC1. The van der Waals surface area contributed by atoms with E-state index < -0.39 is 30.6 Å². The van der Waals surface area contributed by atoms with Gasteiger partial charge in [-0.25, -0.2) is 13.8 Å². The lowest BCUT2D eigenvalue weighted by molar-refractivity contribution is -0.142. The molecule has 0 atom stereocenters. The van der Waals surface area contributed by atoms with Gasteiger partial charge in [0.05, 0.1) is 12.1 Å². The zero-order chi connectivity index (χ0) is 17.3. The number of aromatic nitrogens is 1. The van der Waals surface area contributed by atoms with Crippen molar-refractivity contribution in [1.29, 1.82) is 0 Å². The summed E-state index contributed by atoms with van der Waals surface area (Å²) in [6.07, 6.45) is -7.50. The molecule has 1 aliphatic rings. The first-order chi connectivity index (χ1) is 10.6. The first kappa shape index (κ1) is 17.8. The average Bonchev–Trinajstić information content (AvgIpc) is 2.47. The number of rotatable bonds is 4. The fraction of sp³-hybridized carbons (Fsp3) is 0.615. The Bertz CT molecular complexity index is 507. The Kier molecular flexibility index (Phi) is 5.02. The Morgan fingerprint density at radius 3 is 2.04 bits per heavy atom. The highest BCUT2D eigenvalue weighted by molar-refractivity contribution is 5.40. The Morgan fingerprint density at radius 1 is 1.00 bits per heavy atom. The van der Waals surface area contributed by atoms with Crippen molar-refractivity contribution in [3.63, 3.8) is 0 Å². The molecule has 0 spiro atoms. The Balaban J connectivity index is 1.92. The molecular weight excluding hydrogens is 331 g/mol. The molecule has 1 aliphatic heterocycles. The van der Waals surface area contributed by atoms with Crippen LogP contribution in [0.3, 0.4) is 0 Å². The molecule has 130 valence electrons. The van der Waals surface area contributed by atoms with Crippen molar-refractivity contribution in [2.45, 2.75) is 18.5 Å². The van der Waals surface area contributed by atoms with Gasteiger partial charge in [0, 0.05) is 32.4 Å². The normalized spacial score (nSPS) is 17.8. The Morgan fingerprint density at radius 2 is 1.61 bits per heavy atom. The van der Waals surface area contributed by atoms with E-state index in [9.17, 15) is 30.7 Å². The lowest BCUT2D eigenvalue weighted by Crippen LogP contribution is -2.51. The fourth-order valence-electron chi connectivity index (χ4n) is 2.24. The van der Waals surface area contributed by atoms with E-state index in [0.29, 0.717) is 12.0 Å². The first-order valence-electron chi connectivity index (χ1n) is 6.76. The van der Waals surface area contributed by atoms with Crippen LogP contribution in [0, 0.1) is 0 Å². The maximum absolute atomic E-state index is 13.0. The van der Waals surface area contributed by atoms with E-state index in [1.807, 2.05) is 0 Å². The molecule has 1 saturated heterocycles. The second kappa shape index (κ2) is 6.50. The Hall–Kier alpha value is -1.58. The number of hydrogen-bond donors (Lipinski definition) is 0. The van der Waals surface area contributed by atoms with Crippen LogP contribution in [0.4, 0.5) is 36.6 Å². The molecule has 0 aliphatic carbocycles. The lowest BCUT2D eigenvalue weighted by Gasteiger charge is -2.36. The molecule has 0 bridgehead atoms. The van der Waals surface area contributed by atoms with Crippen molar-refractivity contribution >= 4 is 5.82 Å². The third-order valence-electron chi connectivity index (χ3n) is 3.53. The van der Waals surface area contributed by atoms with E-state index in [1.54, 1.807) is 4.90 Å². The van der Waals surface area contributed by atoms with E-state index in [1.165, 1.54) is 11.0 Å². The maximum atomic E-state index is 13.0. The summed E-state index contributed by atoms with van der Waals surface area (Å²) in [5.74, 6) is -3.78. The van der Waals surface area contributed by atoms with Crippen LogP contribution < -0.4 is 4.90 Å². The number of hydrogen-bond acceptors (Lipinski definition) is 3. The minimum absolute atomic E-state index is 0.102. The Labute approximate surface area is 127 Å². The average molecular weight is 345 g/mol. The predicted octanol–water partition coefficient (Wildman–Crippen LogP) is 3.12. The van der Waals surface area contributed by atoms with Crippen molar-refractivity contribution < 1.29 is 30.7 Å². The molecule has 0 unspecified atom stereocenters. The second-order valence-corrected chi connectivity index (χ2v) is 5.23. The van der Waals surface area contributed by atoms with Crippen molar-refractivity contribution in [3.05, 3.63) is 23.9 Å². The lowest BCUT2D eigenvalue weighted by atomic mass is 10.2. The van der Waals surface area contributed by atoms with Gasteiger partial charge in [0.25, 0.3) is 0 Å². The summed E-state index contributed by atoms with van der Waals surface area (Å²) in [4.78, 5) is 6.54. The highest BCUT2D eigenvalue weighted by atomic mass is 19.4. The van der Waals surface area contributed by atoms with Crippen LogP contribution in [-0.2, 0) is 6.18 Å². The summed E-state index contributed by atoms with van der Waals surface area (Å²) in [5.41, 5.74) is -0.878. The van der Waals surface area contributed by atoms with Gasteiger partial charge in [-0.15, -0.1) is 0 Å². The van der Waals surface area contributed by atoms with Gasteiger partial charge >= 0.3 is 18.5 Å². The van der Waals surface area contributed by atoms with Crippen LogP contribution in [0.15, 0.2) is 18.3 Å². The molecule has 1 aromatic heterocycles. The van der Waals surface area contributed by atoms with Crippen molar-refractivity contribution in [1.82, 2.24) is 9.88 Å². The summed E-state index contributed by atoms with van der Waals surface area (Å²) in [6.45, 7) is -0.398. The zero-order valence-electron chi connectivity index (χ0n) is 11.8. The van der Waals surface area contributed by atoms with Gasteiger partial charge in [-0.05, 0) is 12.1 Å². The monoisotopic (exact) mass is 345 g/mol. The molecule has 0 radical (unpaired) electrons. The number of piperazine rings is 1. The molecule has 23 heavy (non-hydrogen) atoms. The summed E-state index contributed by atoms with van der Waals surface area (Å²) in [5, 5.41) is 0. The number of pyridine rings is 1. The van der Waals surface area contributed by atoms with E-state index in [4.69, 9.17) is 0 Å². The van der Waals surface area contributed by atoms with Gasteiger partial charge in [-0.1, -0.05) is 0 Å². The predicted molar refractivity (Wildman–Crippen MR) is 68.8 cm³/mol. The summed E-state index contributed by atoms with van der Waals surface area (Å²) >= 11 is 0. The standard InChI is InChI=1S/C13H14F7N3/c14-11(15)12(16,17)8-22-3-5-23(6-4-22)10-2-1-9(7-21-10)13(18,19)20/h1-2,7,11H,3-6,8H2. The van der Waals surface area contributed by atoms with E-state index >= 15 is 0 Å². The molecule has 0 saturated carbocycles. The van der Waals surface area contributed by atoms with Crippen LogP contribution in [0.5, 0.6) is 0 Å². The smallest absolute Gasteiger partial charge is 0.354 e. The van der Waals surface area contributed by atoms with Crippen molar-refractivity contribution in [2.24, 2.45) is 0 Å². The molecule has 0 N–H and O–H groups in total. The first-order valence-corrected chi connectivity index (χ1v) is 6.76. The van der Waals surface area contributed by atoms with E-state index in [0.717, 1.165) is 6.07 Å². The minimum atomic E-state index is -4.48. The molecular formula is C13H14F7N3. The summed E-state index contributed by atoms with van der Waals surface area (Å²) in [7, 11) is 0. The number of halogens is 7. The second-order valence-electron chi connectivity index (χ2n) is 5.23. The van der Waals surface area contributed by atoms with Crippen molar-refractivity contribution in [3.8, 4) is 0 Å². The third kappa shape index (κ3) is 4.46. The molecule has 2 rings (SSSR count). The molecule has 2 heterocycles. The highest BCUT2D eigenvalue weighted by Crippen LogP contribution is 2.29. The quantitative estimate of drug-likeness (QED) is 0.782. The van der Waals surface area contributed by atoms with Gasteiger partial charge in [0.15, 0.2) is 0 Å². The molecule has 0 amide bonds. The van der Waals surface area contributed by atoms with Crippen LogP contribution >= 0.6 is 0 Å². The number of alkyl halides is 7. The van der Waals surface area contributed by atoms with Gasteiger partial charge in [-0.3, -0.25) is 4.90 Å². The van der Waals surface area contributed by atoms with Crippen LogP contribution in [0.1, 0.15) is 5.56 Å². The van der Waals surface area contributed by atoms with E-state index in [2.05, 4.69) is 4.98 Å². The molecule has 1 aromatic rings. The molecule has 1 fully saturated rings.